The van der Waals surface area contributed by atoms with Crippen LogP contribution in [0.3, 0.4) is 0 Å². The third kappa shape index (κ3) is 6.80. The number of carbonyl (C=O) groups is 3. The fourth-order valence-electron chi connectivity index (χ4n) is 3.49. The minimum Gasteiger partial charge on any atom is -0.480 e. The Kier molecular flexibility index (Phi) is 8.02. The van der Waals surface area contributed by atoms with E-state index in [1.54, 1.807) is 13.8 Å². The predicted octanol–water partition coefficient (Wildman–Crippen LogP) is 3.90. The Labute approximate surface area is 192 Å². The molecule has 0 spiro atoms. The zero-order chi connectivity index (χ0) is 23.8. The first-order valence-corrected chi connectivity index (χ1v) is 10.8. The van der Waals surface area contributed by atoms with Crippen LogP contribution in [-0.4, -0.2) is 35.2 Å². The van der Waals surface area contributed by atoms with E-state index in [4.69, 9.17) is 4.74 Å². The van der Waals surface area contributed by atoms with E-state index in [1.807, 2.05) is 72.8 Å². The van der Waals surface area contributed by atoms with Crippen molar-refractivity contribution in [1.82, 2.24) is 10.6 Å². The zero-order valence-electron chi connectivity index (χ0n) is 18.7. The Hall–Kier alpha value is -3.87. The summed E-state index contributed by atoms with van der Waals surface area (Å²) in [5, 5.41) is 16.8. The van der Waals surface area contributed by atoms with Crippen LogP contribution in [0.5, 0.6) is 0 Å². The van der Waals surface area contributed by atoms with Crippen molar-refractivity contribution in [3.8, 4) is 0 Å². The minimum absolute atomic E-state index is 0.0683. The molecule has 0 fully saturated rings. The van der Waals surface area contributed by atoms with Gasteiger partial charge >= 0.3 is 12.1 Å². The van der Waals surface area contributed by atoms with Crippen LogP contribution in [-0.2, 0) is 27.4 Å². The van der Waals surface area contributed by atoms with E-state index >= 15 is 0 Å². The third-order valence-corrected chi connectivity index (χ3v) is 5.30. The van der Waals surface area contributed by atoms with Crippen LogP contribution in [0.4, 0.5) is 4.79 Å². The lowest BCUT2D eigenvalue weighted by atomic mass is 10.00. The standard InChI is InChI=1S/C26H28N2O5/c1-17(2)23(28-26(32)33-16-18-8-4-3-5-9-18)24(29)27-22(25(30)31)15-19-12-13-20-10-6-7-11-21(20)14-19/h3-14,17,22-23H,15-16H2,1-2H3,(H,27,29)(H,28,32)(H,30,31)/t22-,23+/m1/s1. The van der Waals surface area contributed by atoms with Crippen LogP contribution in [0.15, 0.2) is 72.8 Å². The van der Waals surface area contributed by atoms with E-state index in [9.17, 15) is 19.5 Å². The number of aliphatic carboxylic acids is 1. The fourth-order valence-corrected chi connectivity index (χ4v) is 3.49. The molecule has 0 saturated carbocycles. The summed E-state index contributed by atoms with van der Waals surface area (Å²) in [6.07, 6.45) is -0.621. The van der Waals surface area contributed by atoms with Crippen LogP contribution in [0.2, 0.25) is 0 Å². The van der Waals surface area contributed by atoms with Crippen molar-refractivity contribution in [1.29, 1.82) is 0 Å². The lowest BCUT2D eigenvalue weighted by molar-refractivity contribution is -0.142. The van der Waals surface area contributed by atoms with Gasteiger partial charge in [0.15, 0.2) is 0 Å². The monoisotopic (exact) mass is 448 g/mol. The quantitative estimate of drug-likeness (QED) is 0.460. The smallest absolute Gasteiger partial charge is 0.408 e. The van der Waals surface area contributed by atoms with Crippen molar-refractivity contribution >= 4 is 28.7 Å². The number of carbonyl (C=O) groups excluding carboxylic acids is 2. The number of ether oxygens (including phenoxy) is 1. The summed E-state index contributed by atoms with van der Waals surface area (Å²) < 4.78 is 5.20. The average Bonchev–Trinajstić information content (AvgIpc) is 2.81. The number of benzene rings is 3. The van der Waals surface area contributed by atoms with Crippen LogP contribution < -0.4 is 10.6 Å². The molecule has 33 heavy (non-hydrogen) atoms. The van der Waals surface area contributed by atoms with E-state index in [1.165, 1.54) is 0 Å². The lowest BCUT2D eigenvalue weighted by Gasteiger charge is -2.24. The Bertz CT molecular complexity index is 1110. The van der Waals surface area contributed by atoms with Gasteiger partial charge in [-0.05, 0) is 27.8 Å². The van der Waals surface area contributed by atoms with E-state index in [-0.39, 0.29) is 18.9 Å². The molecule has 2 atom stereocenters. The highest BCUT2D eigenvalue weighted by molar-refractivity contribution is 5.89. The van der Waals surface area contributed by atoms with Gasteiger partial charge in [0, 0.05) is 6.42 Å². The molecular formula is C26H28N2O5. The van der Waals surface area contributed by atoms with E-state index in [2.05, 4.69) is 10.6 Å². The van der Waals surface area contributed by atoms with E-state index < -0.39 is 30.1 Å². The molecule has 3 rings (SSSR count). The Balaban J connectivity index is 1.63. The molecule has 0 saturated heterocycles. The number of fused-ring (bicyclic) bond motifs is 1. The molecule has 7 nitrogen and oxygen atoms in total. The summed E-state index contributed by atoms with van der Waals surface area (Å²) in [6, 6.07) is 20.6. The summed E-state index contributed by atoms with van der Waals surface area (Å²) in [4.78, 5) is 37.0. The van der Waals surface area contributed by atoms with Gasteiger partial charge in [0.05, 0.1) is 0 Å². The normalized spacial score (nSPS) is 12.7. The second kappa shape index (κ2) is 11.1. The summed E-state index contributed by atoms with van der Waals surface area (Å²) in [7, 11) is 0. The number of hydrogen-bond donors (Lipinski definition) is 3. The second-order valence-corrected chi connectivity index (χ2v) is 8.21. The molecule has 0 bridgehead atoms. The van der Waals surface area contributed by atoms with Gasteiger partial charge in [-0.3, -0.25) is 4.79 Å². The summed E-state index contributed by atoms with van der Waals surface area (Å²) in [5.74, 6) is -2.00. The molecule has 0 heterocycles. The zero-order valence-corrected chi connectivity index (χ0v) is 18.7. The second-order valence-electron chi connectivity index (χ2n) is 8.21. The SMILES string of the molecule is CC(C)[C@H](NC(=O)OCc1ccccc1)C(=O)N[C@H](Cc1ccc2ccccc2c1)C(=O)O. The van der Waals surface area contributed by atoms with Gasteiger partial charge < -0.3 is 20.5 Å². The molecule has 0 aliphatic heterocycles. The van der Waals surface area contributed by atoms with Gasteiger partial charge in [-0.1, -0.05) is 86.6 Å². The molecule has 0 unspecified atom stereocenters. The number of nitrogens with one attached hydrogen (secondary N) is 2. The highest BCUT2D eigenvalue weighted by Gasteiger charge is 2.29. The number of rotatable bonds is 9. The largest absolute Gasteiger partial charge is 0.480 e. The number of alkyl carbamates (subject to hydrolysis) is 1. The van der Waals surface area contributed by atoms with Gasteiger partial charge in [-0.2, -0.15) is 0 Å². The van der Waals surface area contributed by atoms with Gasteiger partial charge in [0.1, 0.15) is 18.7 Å². The number of amides is 2. The summed E-state index contributed by atoms with van der Waals surface area (Å²) >= 11 is 0. The molecule has 2 amide bonds. The number of carboxylic acid groups (broad SMARTS) is 1. The third-order valence-electron chi connectivity index (χ3n) is 5.30. The molecule has 3 aromatic rings. The maximum atomic E-state index is 12.9. The summed E-state index contributed by atoms with van der Waals surface area (Å²) in [5.41, 5.74) is 1.61. The number of carboxylic acids is 1. The molecule has 0 radical (unpaired) electrons. The maximum Gasteiger partial charge on any atom is 0.408 e. The highest BCUT2D eigenvalue weighted by Crippen LogP contribution is 2.17. The van der Waals surface area contributed by atoms with Crippen molar-refractivity contribution < 1.29 is 24.2 Å². The van der Waals surface area contributed by atoms with Crippen LogP contribution >= 0.6 is 0 Å². The molecule has 7 heteroatoms. The predicted molar refractivity (Wildman–Crippen MR) is 126 cm³/mol. The first kappa shape index (κ1) is 23.8. The molecule has 3 N–H and O–H groups in total. The van der Waals surface area contributed by atoms with Crippen LogP contribution in [0.1, 0.15) is 25.0 Å². The topological polar surface area (TPSA) is 105 Å². The van der Waals surface area contributed by atoms with Crippen molar-refractivity contribution in [2.75, 3.05) is 0 Å². The van der Waals surface area contributed by atoms with Gasteiger partial charge in [0.25, 0.3) is 0 Å². The van der Waals surface area contributed by atoms with E-state index in [0.29, 0.717) is 0 Å². The fraction of sp³-hybridized carbons (Fsp3) is 0.269. The van der Waals surface area contributed by atoms with Crippen molar-refractivity contribution in [2.45, 2.75) is 39.0 Å². The average molecular weight is 449 g/mol. The first-order valence-electron chi connectivity index (χ1n) is 10.8. The van der Waals surface area contributed by atoms with Crippen LogP contribution in [0.25, 0.3) is 10.8 Å². The molecule has 0 aromatic heterocycles. The Morgan fingerprint density at radius 3 is 2.18 bits per heavy atom. The van der Waals surface area contributed by atoms with Gasteiger partial charge in [-0.25, -0.2) is 9.59 Å². The van der Waals surface area contributed by atoms with Crippen molar-refractivity contribution in [2.24, 2.45) is 5.92 Å². The molecule has 172 valence electrons. The van der Waals surface area contributed by atoms with Gasteiger partial charge in [0.2, 0.25) is 5.91 Å². The molecule has 0 aliphatic rings. The van der Waals surface area contributed by atoms with Crippen LogP contribution in [0, 0.1) is 5.92 Å². The Morgan fingerprint density at radius 2 is 1.52 bits per heavy atom. The number of hydrogen-bond acceptors (Lipinski definition) is 4. The minimum atomic E-state index is -1.15. The van der Waals surface area contributed by atoms with Crippen molar-refractivity contribution in [3.05, 3.63) is 83.9 Å². The highest BCUT2D eigenvalue weighted by atomic mass is 16.5. The molecular weight excluding hydrogens is 420 g/mol. The first-order chi connectivity index (χ1) is 15.8. The lowest BCUT2D eigenvalue weighted by Crippen LogP contribution is -2.54. The molecule has 3 aromatic carbocycles. The van der Waals surface area contributed by atoms with Gasteiger partial charge in [-0.15, -0.1) is 0 Å². The Morgan fingerprint density at radius 1 is 0.848 bits per heavy atom. The maximum absolute atomic E-state index is 12.9. The van der Waals surface area contributed by atoms with E-state index in [0.717, 1.165) is 21.9 Å². The van der Waals surface area contributed by atoms with Crippen molar-refractivity contribution in [3.63, 3.8) is 0 Å². The summed E-state index contributed by atoms with van der Waals surface area (Å²) in [6.45, 7) is 3.60. The molecule has 0 aliphatic carbocycles.